The number of carbonyl (C=O) groups is 1. The van der Waals surface area contributed by atoms with Crippen molar-refractivity contribution < 1.29 is 9.90 Å². The van der Waals surface area contributed by atoms with E-state index < -0.39 is 5.60 Å². The van der Waals surface area contributed by atoms with Gasteiger partial charge in [-0.25, -0.2) is 9.67 Å². The Kier molecular flexibility index (Phi) is 5.72. The average Bonchev–Trinajstić information content (AvgIpc) is 3.01. The van der Waals surface area contributed by atoms with E-state index in [1.807, 2.05) is 38.1 Å². The highest BCUT2D eigenvalue weighted by Gasteiger charge is 2.16. The van der Waals surface area contributed by atoms with E-state index in [4.69, 9.17) is 0 Å². The second-order valence-electron chi connectivity index (χ2n) is 6.64. The molecule has 0 unspecified atom stereocenters. The number of aromatic nitrogens is 3. The van der Waals surface area contributed by atoms with Crippen molar-refractivity contribution >= 4 is 5.91 Å². The summed E-state index contributed by atoms with van der Waals surface area (Å²) in [6.45, 7) is 8.19. The molecule has 0 fully saturated rings. The number of nitrogens with one attached hydrogen (secondary N) is 1. The fourth-order valence-corrected chi connectivity index (χ4v) is 2.47. The van der Waals surface area contributed by atoms with E-state index in [0.29, 0.717) is 18.5 Å². The van der Waals surface area contributed by atoms with Gasteiger partial charge in [-0.2, -0.15) is 5.10 Å². The summed E-state index contributed by atoms with van der Waals surface area (Å²) in [4.78, 5) is 16.6. The molecule has 2 rings (SSSR count). The molecule has 2 aromatic rings. The van der Waals surface area contributed by atoms with Gasteiger partial charge in [-0.05, 0) is 58.2 Å². The fraction of sp³-hybridized carbons (Fsp3) is 0.500. The van der Waals surface area contributed by atoms with Crippen LogP contribution in [0, 0.1) is 0 Å². The smallest absolute Gasteiger partial charge is 0.251 e. The molecule has 0 saturated heterocycles. The van der Waals surface area contributed by atoms with Crippen molar-refractivity contribution in [3.63, 3.8) is 0 Å². The Bertz CT molecular complexity index is 671. The molecule has 1 amide bonds. The van der Waals surface area contributed by atoms with E-state index in [9.17, 15) is 9.90 Å². The molecule has 0 radical (unpaired) electrons. The highest BCUT2D eigenvalue weighted by atomic mass is 16.3. The van der Waals surface area contributed by atoms with Gasteiger partial charge < -0.3 is 10.4 Å². The van der Waals surface area contributed by atoms with Gasteiger partial charge in [0.05, 0.1) is 11.6 Å². The molecule has 0 saturated carbocycles. The molecule has 2 N–H and O–H groups in total. The normalized spacial score (nSPS) is 12.9. The van der Waals surface area contributed by atoms with Crippen LogP contribution in [-0.4, -0.2) is 31.4 Å². The highest BCUT2D eigenvalue weighted by Crippen LogP contribution is 2.15. The average molecular weight is 330 g/mol. The van der Waals surface area contributed by atoms with Gasteiger partial charge in [-0.15, -0.1) is 0 Å². The topological polar surface area (TPSA) is 80.0 Å². The van der Waals surface area contributed by atoms with Crippen molar-refractivity contribution in [1.82, 2.24) is 20.1 Å². The molecule has 1 heterocycles. The van der Waals surface area contributed by atoms with Gasteiger partial charge in [0.15, 0.2) is 0 Å². The van der Waals surface area contributed by atoms with Gasteiger partial charge in [0.25, 0.3) is 5.91 Å². The summed E-state index contributed by atoms with van der Waals surface area (Å²) in [6.07, 6.45) is 2.96. The van der Waals surface area contributed by atoms with Gasteiger partial charge in [0.2, 0.25) is 0 Å². The van der Waals surface area contributed by atoms with Gasteiger partial charge >= 0.3 is 0 Å². The largest absolute Gasteiger partial charge is 0.390 e. The SMILES string of the molecule is CCn1ncnc1[C@H](C)NC(=O)c1ccc(CCC(C)(C)O)cc1. The number of nitrogens with zero attached hydrogens (tertiary/aromatic N) is 3. The van der Waals surface area contributed by atoms with Crippen LogP contribution in [0.3, 0.4) is 0 Å². The molecule has 0 aliphatic carbocycles. The zero-order chi connectivity index (χ0) is 17.7. The molecule has 1 aromatic heterocycles. The van der Waals surface area contributed by atoms with Crippen LogP contribution in [0.4, 0.5) is 0 Å². The Morgan fingerprint density at radius 1 is 1.33 bits per heavy atom. The molecular formula is C18H26N4O2. The number of rotatable bonds is 7. The number of amides is 1. The minimum atomic E-state index is -0.680. The number of hydrogen-bond acceptors (Lipinski definition) is 4. The van der Waals surface area contributed by atoms with Crippen LogP contribution >= 0.6 is 0 Å². The summed E-state index contributed by atoms with van der Waals surface area (Å²) >= 11 is 0. The fourth-order valence-electron chi connectivity index (χ4n) is 2.47. The second-order valence-corrected chi connectivity index (χ2v) is 6.64. The molecule has 0 bridgehead atoms. The Labute approximate surface area is 142 Å². The molecule has 1 aromatic carbocycles. The predicted octanol–water partition coefficient (Wildman–Crippen LogP) is 2.49. The summed E-state index contributed by atoms with van der Waals surface area (Å²) in [5, 5.41) is 16.8. The first kappa shape index (κ1) is 18.1. The van der Waals surface area contributed by atoms with Crippen LogP contribution in [0.2, 0.25) is 0 Å². The molecular weight excluding hydrogens is 304 g/mol. The minimum Gasteiger partial charge on any atom is -0.390 e. The van der Waals surface area contributed by atoms with Gasteiger partial charge in [-0.1, -0.05) is 12.1 Å². The number of benzene rings is 1. The van der Waals surface area contributed by atoms with E-state index in [2.05, 4.69) is 15.4 Å². The number of hydrogen-bond donors (Lipinski definition) is 2. The lowest BCUT2D eigenvalue weighted by Gasteiger charge is -2.17. The van der Waals surface area contributed by atoms with Crippen molar-refractivity contribution in [2.45, 2.75) is 58.7 Å². The first-order valence-corrected chi connectivity index (χ1v) is 8.30. The lowest BCUT2D eigenvalue weighted by Crippen LogP contribution is -2.28. The Hall–Kier alpha value is -2.21. The third-order valence-corrected chi connectivity index (χ3v) is 3.92. The van der Waals surface area contributed by atoms with E-state index in [-0.39, 0.29) is 11.9 Å². The summed E-state index contributed by atoms with van der Waals surface area (Å²) in [5.41, 5.74) is 1.03. The highest BCUT2D eigenvalue weighted by molar-refractivity contribution is 5.94. The minimum absolute atomic E-state index is 0.137. The zero-order valence-electron chi connectivity index (χ0n) is 14.8. The van der Waals surface area contributed by atoms with Gasteiger partial charge in [0.1, 0.15) is 12.2 Å². The maximum absolute atomic E-state index is 12.4. The molecule has 6 heteroatoms. The number of aryl methyl sites for hydroxylation is 2. The van der Waals surface area contributed by atoms with Crippen LogP contribution in [0.15, 0.2) is 30.6 Å². The third-order valence-electron chi connectivity index (χ3n) is 3.92. The first-order chi connectivity index (χ1) is 11.3. The lowest BCUT2D eigenvalue weighted by atomic mass is 9.98. The summed E-state index contributed by atoms with van der Waals surface area (Å²) in [7, 11) is 0. The Morgan fingerprint density at radius 2 is 2.00 bits per heavy atom. The van der Waals surface area contributed by atoms with Crippen molar-refractivity contribution in [2.75, 3.05) is 0 Å². The monoisotopic (exact) mass is 330 g/mol. The summed E-state index contributed by atoms with van der Waals surface area (Å²) in [5.74, 6) is 0.606. The Balaban J connectivity index is 1.97. The number of aliphatic hydroxyl groups is 1. The molecule has 1 atom stereocenters. The van der Waals surface area contributed by atoms with Crippen molar-refractivity contribution in [1.29, 1.82) is 0 Å². The van der Waals surface area contributed by atoms with Crippen LogP contribution in [-0.2, 0) is 13.0 Å². The van der Waals surface area contributed by atoms with E-state index >= 15 is 0 Å². The van der Waals surface area contributed by atoms with Gasteiger partial charge in [-0.3, -0.25) is 4.79 Å². The third kappa shape index (κ3) is 4.89. The molecule has 0 spiro atoms. The molecule has 130 valence electrons. The van der Waals surface area contributed by atoms with Crippen molar-refractivity contribution in [2.24, 2.45) is 0 Å². The molecule has 0 aliphatic heterocycles. The van der Waals surface area contributed by atoms with Crippen LogP contribution in [0.5, 0.6) is 0 Å². The predicted molar refractivity (Wildman–Crippen MR) is 92.6 cm³/mol. The van der Waals surface area contributed by atoms with Gasteiger partial charge in [0, 0.05) is 12.1 Å². The summed E-state index contributed by atoms with van der Waals surface area (Å²) in [6, 6.07) is 7.27. The molecule has 6 nitrogen and oxygen atoms in total. The number of carbonyl (C=O) groups excluding carboxylic acids is 1. The van der Waals surface area contributed by atoms with E-state index in [1.54, 1.807) is 18.5 Å². The van der Waals surface area contributed by atoms with Crippen LogP contribution in [0.25, 0.3) is 0 Å². The second kappa shape index (κ2) is 7.57. The quantitative estimate of drug-likeness (QED) is 0.817. The Morgan fingerprint density at radius 3 is 2.58 bits per heavy atom. The van der Waals surface area contributed by atoms with Crippen molar-refractivity contribution in [3.8, 4) is 0 Å². The maximum atomic E-state index is 12.4. The van der Waals surface area contributed by atoms with Crippen LogP contribution in [0.1, 0.15) is 61.9 Å². The van der Waals surface area contributed by atoms with Crippen LogP contribution < -0.4 is 5.32 Å². The van der Waals surface area contributed by atoms with E-state index in [1.165, 1.54) is 6.33 Å². The molecule has 0 aliphatic rings. The maximum Gasteiger partial charge on any atom is 0.251 e. The standard InChI is InChI=1S/C18H26N4O2/c1-5-22-16(19-12-20-22)13(2)21-17(23)15-8-6-14(7-9-15)10-11-18(3,4)24/h6-9,12-13,24H,5,10-11H2,1-4H3,(H,21,23)/t13-/m0/s1. The van der Waals surface area contributed by atoms with E-state index in [0.717, 1.165) is 17.8 Å². The van der Waals surface area contributed by atoms with Crippen molar-refractivity contribution in [3.05, 3.63) is 47.5 Å². The first-order valence-electron chi connectivity index (χ1n) is 8.30. The zero-order valence-corrected chi connectivity index (χ0v) is 14.8. The lowest BCUT2D eigenvalue weighted by molar-refractivity contribution is 0.0713. The molecule has 24 heavy (non-hydrogen) atoms. The summed E-state index contributed by atoms with van der Waals surface area (Å²) < 4.78 is 1.77.